The predicted octanol–water partition coefficient (Wildman–Crippen LogP) is 3.27. The Labute approximate surface area is 128 Å². The molecule has 1 heterocycles. The van der Waals surface area contributed by atoms with E-state index in [1.165, 1.54) is 0 Å². The highest BCUT2D eigenvalue weighted by molar-refractivity contribution is 14.1. The number of aromatic amines is 1. The quantitative estimate of drug-likeness (QED) is 0.611. The number of hydrogen-bond acceptors (Lipinski definition) is 2. The van der Waals surface area contributed by atoms with Crippen LogP contribution in [0.15, 0.2) is 30.3 Å². The van der Waals surface area contributed by atoms with E-state index in [9.17, 15) is 9.59 Å². The van der Waals surface area contributed by atoms with Crippen molar-refractivity contribution in [3.8, 4) is 0 Å². The number of aryl methyl sites for hydroxylation is 1. The third-order valence-corrected chi connectivity index (χ3v) is 3.17. The maximum atomic E-state index is 11.8. The van der Waals surface area contributed by atoms with Crippen LogP contribution < -0.4 is 10.6 Å². The number of amides is 2. The summed E-state index contributed by atoms with van der Waals surface area (Å²) in [5, 5.41) is 14.2. The first-order valence-electron chi connectivity index (χ1n) is 5.72. The largest absolute Gasteiger partial charge is 0.477 e. The second-order valence-electron chi connectivity index (χ2n) is 4.14. The van der Waals surface area contributed by atoms with E-state index < -0.39 is 12.0 Å². The van der Waals surface area contributed by atoms with Crippen LogP contribution in [0.5, 0.6) is 0 Å². The van der Waals surface area contributed by atoms with E-state index in [0.29, 0.717) is 11.4 Å². The van der Waals surface area contributed by atoms with Crippen LogP contribution in [0.25, 0.3) is 0 Å². The number of H-pyrrole nitrogens is 1. The van der Waals surface area contributed by atoms with Crippen LogP contribution in [-0.2, 0) is 0 Å². The first-order chi connectivity index (χ1) is 9.45. The van der Waals surface area contributed by atoms with Gasteiger partial charge in [-0.1, -0.05) is 6.07 Å². The SMILES string of the molecule is Cc1cc(NC(=O)Nc2cccc(I)c2)c(C(=O)O)[nH]1. The summed E-state index contributed by atoms with van der Waals surface area (Å²) in [5.74, 6) is -1.12. The Morgan fingerprint density at radius 1 is 1.25 bits per heavy atom. The average Bonchev–Trinajstić information content (AvgIpc) is 2.70. The van der Waals surface area contributed by atoms with Crippen LogP contribution in [0.1, 0.15) is 16.2 Å². The van der Waals surface area contributed by atoms with Crippen molar-refractivity contribution in [2.45, 2.75) is 6.92 Å². The molecule has 0 unspecified atom stereocenters. The van der Waals surface area contributed by atoms with Crippen molar-refractivity contribution >= 4 is 46.0 Å². The second-order valence-corrected chi connectivity index (χ2v) is 5.38. The maximum absolute atomic E-state index is 11.8. The van der Waals surface area contributed by atoms with Crippen molar-refractivity contribution in [3.63, 3.8) is 0 Å². The fraction of sp³-hybridized carbons (Fsp3) is 0.0769. The Hall–Kier alpha value is -2.03. The summed E-state index contributed by atoms with van der Waals surface area (Å²) in [6.45, 7) is 1.72. The van der Waals surface area contributed by atoms with Gasteiger partial charge in [0.2, 0.25) is 0 Å². The number of carboxylic acids is 1. The van der Waals surface area contributed by atoms with Crippen LogP contribution in [0, 0.1) is 10.5 Å². The average molecular weight is 385 g/mol. The molecule has 4 N–H and O–H groups in total. The van der Waals surface area contributed by atoms with Gasteiger partial charge >= 0.3 is 12.0 Å². The van der Waals surface area contributed by atoms with Crippen LogP contribution in [0.3, 0.4) is 0 Å². The summed E-state index contributed by atoms with van der Waals surface area (Å²) in [7, 11) is 0. The van der Waals surface area contributed by atoms with Crippen LogP contribution >= 0.6 is 22.6 Å². The Kier molecular flexibility index (Phi) is 4.28. The lowest BCUT2D eigenvalue weighted by atomic mass is 10.3. The molecule has 2 rings (SSSR count). The van der Waals surface area contributed by atoms with Crippen molar-refractivity contribution in [2.75, 3.05) is 10.6 Å². The fourth-order valence-electron chi connectivity index (χ4n) is 1.71. The number of rotatable bonds is 3. The molecule has 1 aromatic heterocycles. The number of aromatic nitrogens is 1. The molecule has 2 aromatic rings. The fourth-order valence-corrected chi connectivity index (χ4v) is 2.25. The van der Waals surface area contributed by atoms with Gasteiger partial charge in [0.15, 0.2) is 0 Å². The van der Waals surface area contributed by atoms with Crippen molar-refractivity contribution < 1.29 is 14.7 Å². The third kappa shape index (κ3) is 3.50. The lowest BCUT2D eigenvalue weighted by molar-refractivity contribution is 0.0692. The molecule has 7 heteroatoms. The number of halogens is 1. The molecule has 20 heavy (non-hydrogen) atoms. The molecule has 0 aliphatic heterocycles. The van der Waals surface area contributed by atoms with E-state index in [0.717, 1.165) is 3.57 Å². The smallest absolute Gasteiger partial charge is 0.354 e. The summed E-state index contributed by atoms with van der Waals surface area (Å²) in [6.07, 6.45) is 0. The molecule has 6 nitrogen and oxygen atoms in total. The Bertz CT molecular complexity index is 667. The van der Waals surface area contributed by atoms with Crippen molar-refractivity contribution in [2.24, 2.45) is 0 Å². The predicted molar refractivity (Wildman–Crippen MR) is 84.3 cm³/mol. The lowest BCUT2D eigenvalue weighted by Crippen LogP contribution is -2.20. The van der Waals surface area contributed by atoms with Gasteiger partial charge in [-0.3, -0.25) is 0 Å². The van der Waals surface area contributed by atoms with Gasteiger partial charge in [-0.2, -0.15) is 0 Å². The first-order valence-corrected chi connectivity index (χ1v) is 6.80. The molecular weight excluding hydrogens is 373 g/mol. The van der Waals surface area contributed by atoms with Gasteiger partial charge in [-0.25, -0.2) is 9.59 Å². The van der Waals surface area contributed by atoms with Crippen molar-refractivity contribution in [1.29, 1.82) is 0 Å². The number of benzene rings is 1. The molecule has 104 valence electrons. The van der Waals surface area contributed by atoms with Crippen LogP contribution in [0.4, 0.5) is 16.2 Å². The van der Waals surface area contributed by atoms with Gasteiger partial charge in [0.25, 0.3) is 0 Å². The highest BCUT2D eigenvalue weighted by Gasteiger charge is 2.15. The Morgan fingerprint density at radius 2 is 2.00 bits per heavy atom. The Morgan fingerprint density at radius 3 is 2.65 bits per heavy atom. The number of nitrogens with one attached hydrogen (secondary N) is 3. The zero-order valence-corrected chi connectivity index (χ0v) is 12.7. The minimum absolute atomic E-state index is 0.0414. The zero-order chi connectivity index (χ0) is 14.7. The third-order valence-electron chi connectivity index (χ3n) is 2.50. The minimum Gasteiger partial charge on any atom is -0.477 e. The van der Waals surface area contributed by atoms with Gasteiger partial charge in [-0.15, -0.1) is 0 Å². The minimum atomic E-state index is -1.12. The number of anilines is 2. The molecule has 0 saturated heterocycles. The summed E-state index contributed by atoms with van der Waals surface area (Å²) in [5.41, 5.74) is 1.49. The van der Waals surface area contributed by atoms with E-state index in [1.54, 1.807) is 25.1 Å². The molecule has 0 aliphatic rings. The number of carbonyl (C=O) groups excluding carboxylic acids is 1. The number of hydrogen-bond donors (Lipinski definition) is 4. The molecule has 0 radical (unpaired) electrons. The molecule has 0 fully saturated rings. The molecule has 0 aliphatic carbocycles. The number of carbonyl (C=O) groups is 2. The van der Waals surface area contributed by atoms with Crippen molar-refractivity contribution in [3.05, 3.63) is 45.3 Å². The van der Waals surface area contributed by atoms with Crippen LogP contribution in [0.2, 0.25) is 0 Å². The molecular formula is C13H12IN3O3. The normalized spacial score (nSPS) is 10.1. The summed E-state index contributed by atoms with van der Waals surface area (Å²) in [4.78, 5) is 25.5. The van der Waals surface area contributed by atoms with E-state index in [-0.39, 0.29) is 11.4 Å². The summed E-state index contributed by atoms with van der Waals surface area (Å²) in [6, 6.07) is 8.36. The highest BCUT2D eigenvalue weighted by Crippen LogP contribution is 2.18. The summed E-state index contributed by atoms with van der Waals surface area (Å²) < 4.78 is 0.990. The first kappa shape index (κ1) is 14.4. The lowest BCUT2D eigenvalue weighted by Gasteiger charge is -2.07. The summed E-state index contributed by atoms with van der Waals surface area (Å²) >= 11 is 2.14. The molecule has 0 spiro atoms. The monoisotopic (exact) mass is 385 g/mol. The standard InChI is InChI=1S/C13H12IN3O3/c1-7-5-10(11(15-7)12(18)19)17-13(20)16-9-4-2-3-8(14)6-9/h2-6,15H,1H3,(H,18,19)(H2,16,17,20). The molecule has 0 saturated carbocycles. The van der Waals surface area contributed by atoms with E-state index in [2.05, 4.69) is 38.2 Å². The molecule has 2 amide bonds. The molecule has 0 atom stereocenters. The second kappa shape index (κ2) is 5.95. The number of aromatic carboxylic acids is 1. The van der Waals surface area contributed by atoms with Gasteiger partial charge in [0.1, 0.15) is 5.69 Å². The maximum Gasteiger partial charge on any atom is 0.354 e. The van der Waals surface area contributed by atoms with Gasteiger partial charge < -0.3 is 20.7 Å². The topological polar surface area (TPSA) is 94.2 Å². The van der Waals surface area contributed by atoms with Crippen LogP contribution in [-0.4, -0.2) is 22.1 Å². The zero-order valence-electron chi connectivity index (χ0n) is 10.5. The van der Waals surface area contributed by atoms with Gasteiger partial charge in [0, 0.05) is 15.0 Å². The van der Waals surface area contributed by atoms with Crippen molar-refractivity contribution in [1.82, 2.24) is 4.98 Å². The highest BCUT2D eigenvalue weighted by atomic mass is 127. The molecule has 0 bridgehead atoms. The van der Waals surface area contributed by atoms with Gasteiger partial charge in [-0.05, 0) is 53.8 Å². The van der Waals surface area contributed by atoms with E-state index in [4.69, 9.17) is 5.11 Å². The Balaban J connectivity index is 2.10. The van der Waals surface area contributed by atoms with Gasteiger partial charge in [0.05, 0.1) is 5.69 Å². The number of carboxylic acid groups (broad SMARTS) is 1. The molecule has 1 aromatic carbocycles. The number of urea groups is 1. The van der Waals surface area contributed by atoms with E-state index in [1.807, 2.05) is 12.1 Å². The van der Waals surface area contributed by atoms with E-state index >= 15 is 0 Å².